The summed E-state index contributed by atoms with van der Waals surface area (Å²) in [6, 6.07) is 5.73. The monoisotopic (exact) mass is 390 g/mol. The molecule has 2 aromatic rings. The molecule has 0 atom stereocenters. The lowest BCUT2D eigenvalue weighted by atomic mass is 9.86. The third-order valence-corrected chi connectivity index (χ3v) is 5.55. The second kappa shape index (κ2) is 7.00. The Kier molecular flexibility index (Phi) is 4.64. The van der Waals surface area contributed by atoms with Gasteiger partial charge in [0.1, 0.15) is 0 Å². The summed E-state index contributed by atoms with van der Waals surface area (Å²) in [5.41, 5.74) is 2.72. The summed E-state index contributed by atoms with van der Waals surface area (Å²) in [6.45, 7) is 5.29. The van der Waals surface area contributed by atoms with Crippen LogP contribution in [0.15, 0.2) is 36.5 Å². The van der Waals surface area contributed by atoms with Gasteiger partial charge >= 0.3 is 6.18 Å². The van der Waals surface area contributed by atoms with Gasteiger partial charge in [0.05, 0.1) is 17.8 Å². The van der Waals surface area contributed by atoms with E-state index in [1.54, 1.807) is 17.0 Å². The molecule has 1 amide bonds. The van der Waals surface area contributed by atoms with Crippen molar-refractivity contribution >= 4 is 5.91 Å². The van der Waals surface area contributed by atoms with Crippen LogP contribution >= 0.6 is 0 Å². The van der Waals surface area contributed by atoms with Gasteiger partial charge in [0.2, 0.25) is 0 Å². The molecule has 3 heterocycles. The largest absolute Gasteiger partial charge is 0.416 e. The standard InChI is InChI=1S/C20H21F3N4O/c1-12-10-15-17(11-24-12)25-26-18(15)19(28)27-8-6-13(7-9-27)14-4-2-3-5-16(14)20(21,22)23/h2-5,13,24H,1,6-11H2,(H,25,26). The summed E-state index contributed by atoms with van der Waals surface area (Å²) < 4.78 is 39.9. The predicted octanol–water partition coefficient (Wildman–Crippen LogP) is 3.61. The van der Waals surface area contributed by atoms with Crippen molar-refractivity contribution in [3.05, 3.63) is 64.6 Å². The third-order valence-electron chi connectivity index (χ3n) is 5.55. The molecule has 2 aliphatic rings. The van der Waals surface area contributed by atoms with Crippen molar-refractivity contribution in [1.29, 1.82) is 0 Å². The van der Waals surface area contributed by atoms with Crippen molar-refractivity contribution < 1.29 is 18.0 Å². The number of rotatable bonds is 2. The number of alkyl halides is 3. The van der Waals surface area contributed by atoms with Crippen LogP contribution in [0.5, 0.6) is 0 Å². The third kappa shape index (κ3) is 3.39. The minimum absolute atomic E-state index is 0.172. The highest BCUT2D eigenvalue weighted by atomic mass is 19.4. The van der Waals surface area contributed by atoms with E-state index in [0.29, 0.717) is 50.2 Å². The quantitative estimate of drug-likeness (QED) is 0.824. The van der Waals surface area contributed by atoms with Gasteiger partial charge in [-0.15, -0.1) is 0 Å². The first-order valence-corrected chi connectivity index (χ1v) is 9.27. The van der Waals surface area contributed by atoms with Crippen LogP contribution in [0.2, 0.25) is 0 Å². The number of aromatic amines is 1. The number of benzene rings is 1. The van der Waals surface area contributed by atoms with Gasteiger partial charge in [-0.3, -0.25) is 9.89 Å². The minimum atomic E-state index is -4.37. The topological polar surface area (TPSA) is 61.0 Å². The predicted molar refractivity (Wildman–Crippen MR) is 97.6 cm³/mol. The van der Waals surface area contributed by atoms with Gasteiger partial charge in [-0.25, -0.2) is 0 Å². The van der Waals surface area contributed by atoms with E-state index in [0.717, 1.165) is 23.0 Å². The van der Waals surface area contributed by atoms with Crippen LogP contribution in [-0.4, -0.2) is 34.1 Å². The molecule has 28 heavy (non-hydrogen) atoms. The number of halogens is 3. The Morgan fingerprint density at radius 3 is 2.64 bits per heavy atom. The average Bonchev–Trinajstić information content (AvgIpc) is 3.10. The van der Waals surface area contributed by atoms with Gasteiger partial charge in [0.25, 0.3) is 5.91 Å². The molecule has 0 unspecified atom stereocenters. The van der Waals surface area contributed by atoms with E-state index in [2.05, 4.69) is 22.1 Å². The van der Waals surface area contributed by atoms with E-state index < -0.39 is 11.7 Å². The molecule has 1 saturated heterocycles. The molecule has 0 spiro atoms. The van der Waals surface area contributed by atoms with E-state index >= 15 is 0 Å². The lowest BCUT2D eigenvalue weighted by molar-refractivity contribution is -0.138. The van der Waals surface area contributed by atoms with Gasteiger partial charge < -0.3 is 10.2 Å². The van der Waals surface area contributed by atoms with Crippen LogP contribution < -0.4 is 5.32 Å². The highest BCUT2D eigenvalue weighted by Gasteiger charge is 2.36. The highest BCUT2D eigenvalue weighted by Crippen LogP contribution is 2.38. The fourth-order valence-electron chi connectivity index (χ4n) is 4.06. The van der Waals surface area contributed by atoms with Crippen LogP contribution in [0.3, 0.4) is 0 Å². The SMILES string of the molecule is C=C1Cc2c(C(=O)N3CCC(c4ccccc4C(F)(F)F)CC3)n[nH]c2CN1. The number of aromatic nitrogens is 2. The number of hydrogen-bond acceptors (Lipinski definition) is 3. The summed E-state index contributed by atoms with van der Waals surface area (Å²) in [6.07, 6.45) is -2.82. The van der Waals surface area contributed by atoms with E-state index in [4.69, 9.17) is 0 Å². The first-order chi connectivity index (χ1) is 13.3. The maximum atomic E-state index is 13.3. The summed E-state index contributed by atoms with van der Waals surface area (Å²) in [7, 11) is 0. The van der Waals surface area contributed by atoms with E-state index in [1.807, 2.05) is 0 Å². The van der Waals surface area contributed by atoms with Crippen LogP contribution in [0.25, 0.3) is 0 Å². The Bertz CT molecular complexity index is 910. The minimum Gasteiger partial charge on any atom is -0.383 e. The molecule has 4 rings (SSSR count). The summed E-state index contributed by atoms with van der Waals surface area (Å²) in [5.74, 6) is -0.381. The van der Waals surface area contributed by atoms with E-state index in [1.165, 1.54) is 6.07 Å². The lowest BCUT2D eigenvalue weighted by Crippen LogP contribution is -2.39. The molecular weight excluding hydrogens is 369 g/mol. The van der Waals surface area contributed by atoms with Crippen LogP contribution in [-0.2, 0) is 19.1 Å². The Labute approximate surface area is 160 Å². The number of fused-ring (bicyclic) bond motifs is 1. The zero-order valence-corrected chi connectivity index (χ0v) is 15.3. The molecular formula is C20H21F3N4O. The van der Waals surface area contributed by atoms with E-state index in [9.17, 15) is 18.0 Å². The van der Waals surface area contributed by atoms with Crippen molar-refractivity contribution in [1.82, 2.24) is 20.4 Å². The first kappa shape index (κ1) is 18.6. The van der Waals surface area contributed by atoms with Crippen LogP contribution in [0.1, 0.15) is 51.6 Å². The molecule has 8 heteroatoms. The number of allylic oxidation sites excluding steroid dienone is 1. The molecule has 1 aromatic carbocycles. The Balaban J connectivity index is 1.48. The maximum absolute atomic E-state index is 13.3. The Morgan fingerprint density at radius 1 is 1.21 bits per heavy atom. The van der Waals surface area contributed by atoms with Gasteiger partial charge in [-0.1, -0.05) is 24.8 Å². The summed E-state index contributed by atoms with van der Waals surface area (Å²) in [4.78, 5) is 14.6. The fourth-order valence-corrected chi connectivity index (χ4v) is 4.06. The summed E-state index contributed by atoms with van der Waals surface area (Å²) in [5, 5.41) is 10.2. The molecule has 0 radical (unpaired) electrons. The van der Waals surface area contributed by atoms with Crippen LogP contribution in [0, 0.1) is 0 Å². The molecule has 0 bridgehead atoms. The molecule has 5 nitrogen and oxygen atoms in total. The maximum Gasteiger partial charge on any atom is 0.416 e. The molecule has 1 aromatic heterocycles. The first-order valence-electron chi connectivity index (χ1n) is 9.27. The van der Waals surface area contributed by atoms with Gasteiger partial charge in [-0.05, 0) is 30.4 Å². The second-order valence-corrected chi connectivity index (χ2v) is 7.31. The Hall–Kier alpha value is -2.77. The highest BCUT2D eigenvalue weighted by molar-refractivity contribution is 5.94. The van der Waals surface area contributed by atoms with E-state index in [-0.39, 0.29) is 11.8 Å². The smallest absolute Gasteiger partial charge is 0.383 e. The van der Waals surface area contributed by atoms with Crippen molar-refractivity contribution in [2.75, 3.05) is 13.1 Å². The summed E-state index contributed by atoms with van der Waals surface area (Å²) >= 11 is 0. The molecule has 148 valence electrons. The van der Waals surface area contributed by atoms with Gasteiger partial charge in [0, 0.05) is 30.8 Å². The van der Waals surface area contributed by atoms with Crippen molar-refractivity contribution in [3.63, 3.8) is 0 Å². The number of nitrogens with zero attached hydrogens (tertiary/aromatic N) is 2. The molecule has 0 aliphatic carbocycles. The van der Waals surface area contributed by atoms with Crippen LogP contribution in [0.4, 0.5) is 13.2 Å². The lowest BCUT2D eigenvalue weighted by Gasteiger charge is -2.33. The molecule has 2 N–H and O–H groups in total. The number of hydrogen-bond donors (Lipinski definition) is 2. The van der Waals surface area contributed by atoms with Crippen molar-refractivity contribution in [2.45, 2.75) is 37.9 Å². The van der Waals surface area contributed by atoms with Crippen molar-refractivity contribution in [2.24, 2.45) is 0 Å². The molecule has 1 fully saturated rings. The van der Waals surface area contributed by atoms with Crippen molar-refractivity contribution in [3.8, 4) is 0 Å². The molecule has 0 saturated carbocycles. The number of likely N-dealkylation sites (tertiary alicyclic amines) is 1. The van der Waals surface area contributed by atoms with Gasteiger partial charge in [-0.2, -0.15) is 18.3 Å². The second-order valence-electron chi connectivity index (χ2n) is 7.31. The normalized spacial score (nSPS) is 18.0. The zero-order chi connectivity index (χ0) is 19.9. The molecule has 2 aliphatic heterocycles. The average molecular weight is 390 g/mol. The van der Waals surface area contributed by atoms with Gasteiger partial charge in [0.15, 0.2) is 5.69 Å². The number of H-pyrrole nitrogens is 1. The zero-order valence-electron chi connectivity index (χ0n) is 15.3. The number of carbonyl (C=O) groups is 1. The fraction of sp³-hybridized carbons (Fsp3) is 0.400. The number of amides is 1. The number of nitrogens with one attached hydrogen (secondary N) is 2. The number of piperidine rings is 1. The Morgan fingerprint density at radius 2 is 1.93 bits per heavy atom. The number of carbonyl (C=O) groups excluding carboxylic acids is 1.